The topological polar surface area (TPSA) is 72.0 Å². The van der Waals surface area contributed by atoms with Crippen LogP contribution in [-0.4, -0.2) is 17.4 Å². The van der Waals surface area contributed by atoms with Crippen LogP contribution < -0.4 is 10.5 Å². The second-order valence-corrected chi connectivity index (χ2v) is 5.08. The lowest BCUT2D eigenvalue weighted by molar-refractivity contribution is 0.321. The Morgan fingerprint density at radius 2 is 2.11 bits per heavy atom. The molecule has 0 aliphatic heterocycles. The van der Waals surface area contributed by atoms with Crippen LogP contribution in [-0.2, 0) is 12.8 Å². The second-order valence-electron chi connectivity index (χ2n) is 4.14. The van der Waals surface area contributed by atoms with Crippen LogP contribution >= 0.6 is 11.3 Å². The van der Waals surface area contributed by atoms with Crippen molar-refractivity contribution in [2.45, 2.75) is 19.8 Å². The minimum atomic E-state index is 0.0126. The first-order valence-electron chi connectivity index (χ1n) is 6.19. The molecule has 2 rings (SSSR count). The summed E-state index contributed by atoms with van der Waals surface area (Å²) < 4.78 is 5.66. The number of aryl methyl sites for hydroxylation is 1. The summed E-state index contributed by atoms with van der Waals surface area (Å²) in [5.41, 5.74) is 7.22. The zero-order valence-corrected chi connectivity index (χ0v) is 11.7. The van der Waals surface area contributed by atoms with Gasteiger partial charge in [-0.05, 0) is 24.1 Å². The van der Waals surface area contributed by atoms with Gasteiger partial charge in [-0.15, -0.1) is 11.3 Å². The average Bonchev–Trinajstić information content (AvgIpc) is 2.89. The van der Waals surface area contributed by atoms with Gasteiger partial charge in [0.2, 0.25) is 0 Å². The molecule has 0 saturated heterocycles. The summed E-state index contributed by atoms with van der Waals surface area (Å²) in [5, 5.41) is 10.0. The fraction of sp³-hybridized carbons (Fsp3) is 0.286. The third-order valence-electron chi connectivity index (χ3n) is 2.74. The van der Waals surface area contributed by atoms with Crippen molar-refractivity contribution in [3.63, 3.8) is 0 Å². The molecule has 1 heterocycles. The highest BCUT2D eigenvalue weighted by Gasteiger charge is 2.04. The number of rotatable bonds is 6. The first-order valence-corrected chi connectivity index (χ1v) is 7.07. The monoisotopic (exact) mass is 275 g/mol. The summed E-state index contributed by atoms with van der Waals surface area (Å²) in [6, 6.07) is 8.13. The van der Waals surface area contributed by atoms with Crippen molar-refractivity contribution in [1.29, 1.82) is 5.41 Å². The minimum Gasteiger partial charge on any atom is -0.493 e. The van der Waals surface area contributed by atoms with Crippen LogP contribution in [0.3, 0.4) is 0 Å². The van der Waals surface area contributed by atoms with Gasteiger partial charge < -0.3 is 10.5 Å². The lowest BCUT2D eigenvalue weighted by Gasteiger charge is -2.05. The third-order valence-corrected chi connectivity index (χ3v) is 3.65. The highest BCUT2D eigenvalue weighted by atomic mass is 32.1. The van der Waals surface area contributed by atoms with E-state index in [0.717, 1.165) is 23.6 Å². The van der Waals surface area contributed by atoms with E-state index in [-0.39, 0.29) is 5.84 Å². The van der Waals surface area contributed by atoms with Crippen LogP contribution in [0.1, 0.15) is 23.2 Å². The van der Waals surface area contributed by atoms with E-state index >= 15 is 0 Å². The predicted molar refractivity (Wildman–Crippen MR) is 78.1 cm³/mol. The van der Waals surface area contributed by atoms with E-state index in [1.54, 1.807) is 5.38 Å². The molecule has 19 heavy (non-hydrogen) atoms. The fourth-order valence-corrected chi connectivity index (χ4v) is 2.41. The first kappa shape index (κ1) is 13.5. The Balaban J connectivity index is 1.83. The molecule has 100 valence electrons. The second kappa shape index (κ2) is 6.33. The highest BCUT2D eigenvalue weighted by molar-refractivity contribution is 7.09. The van der Waals surface area contributed by atoms with E-state index in [2.05, 4.69) is 24.0 Å². The molecule has 0 amide bonds. The van der Waals surface area contributed by atoms with Gasteiger partial charge in [-0.2, -0.15) is 0 Å². The van der Waals surface area contributed by atoms with Gasteiger partial charge in [-0.3, -0.25) is 5.41 Å². The Morgan fingerprint density at radius 3 is 2.68 bits per heavy atom. The summed E-state index contributed by atoms with van der Waals surface area (Å²) in [5.74, 6) is 0.888. The molecule has 3 N–H and O–H groups in total. The molecule has 5 heteroatoms. The van der Waals surface area contributed by atoms with Gasteiger partial charge in [0.15, 0.2) is 0 Å². The number of nitrogens with two attached hydrogens (primary N) is 1. The van der Waals surface area contributed by atoms with Gasteiger partial charge in [0.1, 0.15) is 17.3 Å². The van der Waals surface area contributed by atoms with Crippen LogP contribution in [0.25, 0.3) is 0 Å². The summed E-state index contributed by atoms with van der Waals surface area (Å²) in [6.45, 7) is 2.71. The zero-order valence-electron chi connectivity index (χ0n) is 10.8. The van der Waals surface area contributed by atoms with Gasteiger partial charge in [0.25, 0.3) is 0 Å². The Morgan fingerprint density at radius 1 is 1.37 bits per heavy atom. The van der Waals surface area contributed by atoms with Gasteiger partial charge in [0, 0.05) is 11.8 Å². The smallest absolute Gasteiger partial charge is 0.142 e. The normalized spacial score (nSPS) is 10.4. The van der Waals surface area contributed by atoms with Crippen LogP contribution in [0.2, 0.25) is 0 Å². The Bertz CT molecular complexity index is 548. The largest absolute Gasteiger partial charge is 0.493 e. The molecule has 0 saturated carbocycles. The number of thiazole rings is 1. The van der Waals surface area contributed by atoms with Crippen LogP contribution in [0.15, 0.2) is 29.6 Å². The summed E-state index contributed by atoms with van der Waals surface area (Å²) >= 11 is 1.51. The number of nitrogens with zero attached hydrogens (tertiary/aromatic N) is 1. The zero-order chi connectivity index (χ0) is 13.7. The van der Waals surface area contributed by atoms with Crippen molar-refractivity contribution in [1.82, 2.24) is 4.98 Å². The van der Waals surface area contributed by atoms with Crippen LogP contribution in [0.4, 0.5) is 0 Å². The molecule has 0 spiro atoms. The number of hydrogen-bond acceptors (Lipinski definition) is 4. The maximum atomic E-state index is 7.29. The molecular weight excluding hydrogens is 258 g/mol. The van der Waals surface area contributed by atoms with E-state index < -0.39 is 0 Å². The molecule has 1 aromatic carbocycles. The summed E-state index contributed by atoms with van der Waals surface area (Å²) in [4.78, 5) is 4.26. The SMILES string of the molecule is CCc1ccc(OCCc2nc(C(=N)N)cs2)cc1. The number of nitrogen functional groups attached to an aromatic ring is 1. The van der Waals surface area contributed by atoms with Gasteiger partial charge >= 0.3 is 0 Å². The Labute approximate surface area is 116 Å². The van der Waals surface area contributed by atoms with E-state index in [4.69, 9.17) is 15.9 Å². The molecule has 1 aromatic heterocycles. The molecule has 0 aliphatic carbocycles. The van der Waals surface area contributed by atoms with E-state index in [9.17, 15) is 0 Å². The van der Waals surface area contributed by atoms with Gasteiger partial charge in [0.05, 0.1) is 11.6 Å². The first-order chi connectivity index (χ1) is 9.19. The van der Waals surface area contributed by atoms with Gasteiger partial charge in [-0.25, -0.2) is 4.98 Å². The van der Waals surface area contributed by atoms with Crippen molar-refractivity contribution in [2.75, 3.05) is 6.61 Å². The van der Waals surface area contributed by atoms with Crippen molar-refractivity contribution >= 4 is 17.2 Å². The number of nitrogens with one attached hydrogen (secondary N) is 1. The number of benzene rings is 1. The molecule has 0 aliphatic rings. The van der Waals surface area contributed by atoms with Crippen molar-refractivity contribution in [2.24, 2.45) is 5.73 Å². The van der Waals surface area contributed by atoms with Crippen molar-refractivity contribution in [3.05, 3.63) is 45.9 Å². The Kier molecular flexibility index (Phi) is 4.52. The van der Waals surface area contributed by atoms with Crippen LogP contribution in [0, 0.1) is 5.41 Å². The lowest BCUT2D eigenvalue weighted by Crippen LogP contribution is -2.11. The maximum absolute atomic E-state index is 7.29. The fourth-order valence-electron chi connectivity index (χ4n) is 1.63. The van der Waals surface area contributed by atoms with E-state index in [0.29, 0.717) is 12.3 Å². The summed E-state index contributed by atoms with van der Waals surface area (Å²) in [7, 11) is 0. The van der Waals surface area contributed by atoms with E-state index in [1.807, 2.05) is 12.1 Å². The molecule has 0 radical (unpaired) electrons. The van der Waals surface area contributed by atoms with Crippen molar-refractivity contribution in [3.8, 4) is 5.75 Å². The molecule has 0 fully saturated rings. The maximum Gasteiger partial charge on any atom is 0.142 e. The Hall–Kier alpha value is -1.88. The number of hydrogen-bond donors (Lipinski definition) is 2. The number of ether oxygens (including phenoxy) is 1. The molecule has 4 nitrogen and oxygen atoms in total. The molecule has 0 unspecified atom stereocenters. The van der Waals surface area contributed by atoms with Crippen molar-refractivity contribution < 1.29 is 4.74 Å². The predicted octanol–water partition coefficient (Wildman–Crippen LogP) is 2.61. The number of amidine groups is 1. The molecular formula is C14H17N3OS. The third kappa shape index (κ3) is 3.79. The lowest BCUT2D eigenvalue weighted by atomic mass is 10.2. The summed E-state index contributed by atoms with van der Waals surface area (Å²) in [6.07, 6.45) is 1.76. The molecule has 0 atom stereocenters. The molecule has 2 aromatic rings. The standard InChI is InChI=1S/C14H17N3OS/c1-2-10-3-5-11(6-4-10)18-8-7-13-17-12(9-19-13)14(15)16/h3-6,9H,2,7-8H2,1H3,(H3,15,16). The van der Waals surface area contributed by atoms with Crippen LogP contribution in [0.5, 0.6) is 5.75 Å². The van der Waals surface area contributed by atoms with Gasteiger partial charge in [-0.1, -0.05) is 19.1 Å². The number of aromatic nitrogens is 1. The quantitative estimate of drug-likeness (QED) is 0.628. The average molecular weight is 275 g/mol. The van der Waals surface area contributed by atoms with E-state index in [1.165, 1.54) is 16.9 Å². The molecule has 0 bridgehead atoms. The highest BCUT2D eigenvalue weighted by Crippen LogP contribution is 2.14. The minimum absolute atomic E-state index is 0.0126.